The highest BCUT2D eigenvalue weighted by Gasteiger charge is 2.11. The van der Waals surface area contributed by atoms with Crippen molar-refractivity contribution in [3.05, 3.63) is 100 Å². The van der Waals surface area contributed by atoms with Crippen LogP contribution in [0.15, 0.2) is 77.6 Å². The molecule has 0 amide bonds. The van der Waals surface area contributed by atoms with Gasteiger partial charge in [0.05, 0.1) is 16.6 Å². The molecule has 0 saturated heterocycles. The first-order valence-electron chi connectivity index (χ1n) is 8.68. The summed E-state index contributed by atoms with van der Waals surface area (Å²) in [6, 6.07) is 22.0. The van der Waals surface area contributed by atoms with E-state index in [4.69, 9.17) is 0 Å². The van der Waals surface area contributed by atoms with E-state index in [0.717, 1.165) is 11.1 Å². The Hall–Kier alpha value is -3.66. The largest absolute Gasteiger partial charge is 0.508 e. The Morgan fingerprint density at radius 3 is 2.56 bits per heavy atom. The summed E-state index contributed by atoms with van der Waals surface area (Å²) in [5.74, 6) is 0.604. The van der Waals surface area contributed by atoms with Crippen molar-refractivity contribution in [2.24, 2.45) is 0 Å². The Morgan fingerprint density at radius 1 is 0.926 bits per heavy atom. The van der Waals surface area contributed by atoms with E-state index < -0.39 is 0 Å². The summed E-state index contributed by atoms with van der Waals surface area (Å²) in [5, 5.41) is 10.4. The minimum absolute atomic E-state index is 0.0983. The van der Waals surface area contributed by atoms with Crippen LogP contribution < -0.4 is 5.56 Å². The number of hydrogen-bond donors (Lipinski definition) is 1. The van der Waals surface area contributed by atoms with Crippen LogP contribution in [0.25, 0.3) is 28.7 Å². The lowest BCUT2D eigenvalue weighted by Gasteiger charge is -2.11. The summed E-state index contributed by atoms with van der Waals surface area (Å²) < 4.78 is 1.52. The maximum atomic E-state index is 13.1. The second kappa shape index (κ2) is 6.92. The van der Waals surface area contributed by atoms with E-state index in [1.807, 2.05) is 55.5 Å². The molecule has 0 saturated carbocycles. The molecule has 0 unspecified atom stereocenters. The molecule has 132 valence electrons. The van der Waals surface area contributed by atoms with Crippen LogP contribution in [0.2, 0.25) is 0 Å². The van der Waals surface area contributed by atoms with Crippen LogP contribution in [0, 0.1) is 6.92 Å². The third kappa shape index (κ3) is 3.37. The minimum atomic E-state index is -0.171. The number of aromatic nitrogens is 2. The van der Waals surface area contributed by atoms with E-state index in [2.05, 4.69) is 11.1 Å². The topological polar surface area (TPSA) is 55.1 Å². The van der Waals surface area contributed by atoms with E-state index in [-0.39, 0.29) is 11.3 Å². The van der Waals surface area contributed by atoms with Crippen molar-refractivity contribution in [2.45, 2.75) is 6.92 Å². The Labute approximate surface area is 156 Å². The quantitative estimate of drug-likeness (QED) is 0.586. The first-order valence-corrected chi connectivity index (χ1v) is 8.68. The summed E-state index contributed by atoms with van der Waals surface area (Å²) in [6.45, 7) is 2.04. The standard InChI is InChI=1S/C23H18N2O2/c1-16-6-4-7-17(14-16)12-13-22-24-21-11-3-2-10-20(21)23(27)25(22)18-8-5-9-19(26)15-18/h2-15,26H,1H3/b13-12+. The highest BCUT2D eigenvalue weighted by molar-refractivity contribution is 5.80. The third-order valence-electron chi connectivity index (χ3n) is 4.36. The number of phenolic OH excluding ortho intramolecular Hbond substituents is 1. The molecule has 0 fully saturated rings. The van der Waals surface area contributed by atoms with Crippen LogP contribution in [0.4, 0.5) is 0 Å². The molecular weight excluding hydrogens is 336 g/mol. The Balaban J connectivity index is 1.95. The molecule has 0 aliphatic rings. The normalized spacial score (nSPS) is 11.3. The van der Waals surface area contributed by atoms with Gasteiger partial charge in [-0.3, -0.25) is 9.36 Å². The summed E-state index contributed by atoms with van der Waals surface area (Å²) in [6.07, 6.45) is 3.76. The SMILES string of the molecule is Cc1cccc(/C=C/c2nc3ccccc3c(=O)n2-c2cccc(O)c2)c1. The number of rotatable bonds is 3. The van der Waals surface area contributed by atoms with Crippen molar-refractivity contribution in [2.75, 3.05) is 0 Å². The lowest BCUT2D eigenvalue weighted by molar-refractivity contribution is 0.475. The van der Waals surface area contributed by atoms with Crippen molar-refractivity contribution in [3.8, 4) is 11.4 Å². The lowest BCUT2D eigenvalue weighted by Crippen LogP contribution is -2.22. The number of phenols is 1. The Kier molecular flexibility index (Phi) is 4.30. The van der Waals surface area contributed by atoms with Gasteiger partial charge in [-0.2, -0.15) is 0 Å². The molecule has 4 heteroatoms. The third-order valence-corrected chi connectivity index (χ3v) is 4.36. The molecule has 1 heterocycles. The van der Waals surface area contributed by atoms with Crippen LogP contribution in [0.3, 0.4) is 0 Å². The van der Waals surface area contributed by atoms with E-state index in [1.54, 1.807) is 30.3 Å². The number of hydrogen-bond acceptors (Lipinski definition) is 3. The van der Waals surface area contributed by atoms with Gasteiger partial charge in [0, 0.05) is 6.07 Å². The minimum Gasteiger partial charge on any atom is -0.508 e. The molecule has 1 aromatic heterocycles. The summed E-state index contributed by atoms with van der Waals surface area (Å²) in [4.78, 5) is 17.8. The molecule has 4 nitrogen and oxygen atoms in total. The van der Waals surface area contributed by atoms with Crippen molar-refractivity contribution in [3.63, 3.8) is 0 Å². The smallest absolute Gasteiger partial charge is 0.266 e. The van der Waals surface area contributed by atoms with Crippen LogP contribution in [-0.2, 0) is 0 Å². The van der Waals surface area contributed by atoms with Gasteiger partial charge in [-0.25, -0.2) is 4.98 Å². The van der Waals surface area contributed by atoms with E-state index in [9.17, 15) is 9.90 Å². The van der Waals surface area contributed by atoms with Gasteiger partial charge in [0.25, 0.3) is 5.56 Å². The molecule has 0 aliphatic heterocycles. The first-order chi connectivity index (χ1) is 13.1. The first kappa shape index (κ1) is 16.8. The predicted octanol–water partition coefficient (Wildman–Crippen LogP) is 4.57. The second-order valence-electron chi connectivity index (χ2n) is 6.40. The van der Waals surface area contributed by atoms with Crippen molar-refractivity contribution < 1.29 is 5.11 Å². The fourth-order valence-electron chi connectivity index (χ4n) is 3.09. The zero-order valence-corrected chi connectivity index (χ0v) is 14.8. The lowest BCUT2D eigenvalue weighted by atomic mass is 10.1. The fourth-order valence-corrected chi connectivity index (χ4v) is 3.09. The van der Waals surface area contributed by atoms with Gasteiger partial charge in [-0.15, -0.1) is 0 Å². The van der Waals surface area contributed by atoms with Gasteiger partial charge in [0.2, 0.25) is 0 Å². The van der Waals surface area contributed by atoms with Crippen LogP contribution >= 0.6 is 0 Å². The van der Waals surface area contributed by atoms with E-state index >= 15 is 0 Å². The average molecular weight is 354 g/mol. The van der Waals surface area contributed by atoms with Crippen molar-refractivity contribution in [1.29, 1.82) is 0 Å². The molecule has 0 radical (unpaired) electrons. The van der Waals surface area contributed by atoms with Gasteiger partial charge >= 0.3 is 0 Å². The Morgan fingerprint density at radius 2 is 1.74 bits per heavy atom. The van der Waals surface area contributed by atoms with Gasteiger partial charge < -0.3 is 5.11 Å². The molecule has 1 N–H and O–H groups in total. The summed E-state index contributed by atoms with van der Waals surface area (Å²) in [5.41, 5.74) is 3.23. The highest BCUT2D eigenvalue weighted by Crippen LogP contribution is 2.18. The molecule has 0 spiro atoms. The van der Waals surface area contributed by atoms with Gasteiger partial charge in [0.1, 0.15) is 11.6 Å². The van der Waals surface area contributed by atoms with Crippen LogP contribution in [-0.4, -0.2) is 14.7 Å². The number of nitrogens with zero attached hydrogens (tertiary/aromatic N) is 2. The van der Waals surface area contributed by atoms with Crippen LogP contribution in [0.1, 0.15) is 17.0 Å². The number of benzene rings is 3. The fraction of sp³-hybridized carbons (Fsp3) is 0.0435. The Bertz CT molecular complexity index is 1220. The summed E-state index contributed by atoms with van der Waals surface area (Å²) in [7, 11) is 0. The van der Waals surface area contributed by atoms with Gasteiger partial charge in [0.15, 0.2) is 0 Å². The molecular formula is C23H18N2O2. The van der Waals surface area contributed by atoms with Crippen LogP contribution in [0.5, 0.6) is 5.75 Å². The van der Waals surface area contributed by atoms with E-state index in [1.165, 1.54) is 4.57 Å². The predicted molar refractivity (Wildman–Crippen MR) is 109 cm³/mol. The molecule has 3 aromatic carbocycles. The van der Waals surface area contributed by atoms with Crippen molar-refractivity contribution in [1.82, 2.24) is 9.55 Å². The summed E-state index contributed by atoms with van der Waals surface area (Å²) >= 11 is 0. The number of para-hydroxylation sites is 1. The van der Waals surface area contributed by atoms with E-state index in [0.29, 0.717) is 22.4 Å². The molecule has 0 atom stereocenters. The number of aromatic hydroxyl groups is 1. The monoisotopic (exact) mass is 354 g/mol. The zero-order valence-electron chi connectivity index (χ0n) is 14.8. The molecule has 27 heavy (non-hydrogen) atoms. The van der Waals surface area contributed by atoms with Gasteiger partial charge in [-0.1, -0.05) is 54.1 Å². The molecule has 0 aliphatic carbocycles. The van der Waals surface area contributed by atoms with Gasteiger partial charge in [-0.05, 0) is 42.8 Å². The zero-order chi connectivity index (χ0) is 18.8. The highest BCUT2D eigenvalue weighted by atomic mass is 16.3. The second-order valence-corrected chi connectivity index (χ2v) is 6.40. The number of fused-ring (bicyclic) bond motifs is 1. The number of aryl methyl sites for hydroxylation is 1. The van der Waals surface area contributed by atoms with Crippen molar-refractivity contribution >= 4 is 23.1 Å². The maximum absolute atomic E-state index is 13.1. The molecule has 0 bridgehead atoms. The maximum Gasteiger partial charge on any atom is 0.266 e. The average Bonchev–Trinajstić information content (AvgIpc) is 2.66. The molecule has 4 rings (SSSR count). The molecule has 4 aromatic rings.